The maximum atomic E-state index is 9.40. The predicted molar refractivity (Wildman–Crippen MR) is 74.9 cm³/mol. The van der Waals surface area contributed by atoms with Crippen LogP contribution in [0.4, 0.5) is 0 Å². The van der Waals surface area contributed by atoms with Crippen LogP contribution in [-0.2, 0) is 0 Å². The summed E-state index contributed by atoms with van der Waals surface area (Å²) in [6.45, 7) is 9.71. The third kappa shape index (κ3) is 4.04. The van der Waals surface area contributed by atoms with Crippen LogP contribution in [0.1, 0.15) is 19.8 Å². The van der Waals surface area contributed by atoms with E-state index in [0.717, 1.165) is 28.0 Å². The minimum atomic E-state index is 0.0734. The molecule has 0 saturated carbocycles. The van der Waals surface area contributed by atoms with E-state index in [1.807, 2.05) is 31.2 Å². The van der Waals surface area contributed by atoms with Crippen LogP contribution in [0.25, 0.3) is 11.6 Å². The quantitative estimate of drug-likeness (QED) is 0.766. The molecule has 0 aliphatic heterocycles. The van der Waals surface area contributed by atoms with Crippen molar-refractivity contribution in [1.82, 2.24) is 0 Å². The van der Waals surface area contributed by atoms with Gasteiger partial charge in [-0.05, 0) is 35.8 Å². The Hall–Kier alpha value is -1.60. The Kier molecular flexibility index (Phi) is 5.44. The van der Waals surface area contributed by atoms with Gasteiger partial charge < -0.3 is 5.11 Å². The SMILES string of the molecule is C=CC/C(CO)=c1\cccc\c1=C\CC(=C)C. The van der Waals surface area contributed by atoms with Gasteiger partial charge in [-0.15, -0.1) is 6.58 Å². The Morgan fingerprint density at radius 2 is 2.00 bits per heavy atom. The van der Waals surface area contributed by atoms with Gasteiger partial charge in [0, 0.05) is 0 Å². The Morgan fingerprint density at radius 3 is 2.59 bits per heavy atom. The number of hydrogen-bond donors (Lipinski definition) is 1. The molecule has 0 saturated heterocycles. The van der Waals surface area contributed by atoms with Gasteiger partial charge in [-0.2, -0.15) is 0 Å². The Labute approximate surface area is 103 Å². The van der Waals surface area contributed by atoms with Gasteiger partial charge in [0.1, 0.15) is 0 Å². The Balaban J connectivity index is 3.37. The molecule has 1 rings (SSSR count). The van der Waals surface area contributed by atoms with E-state index >= 15 is 0 Å². The molecule has 90 valence electrons. The summed E-state index contributed by atoms with van der Waals surface area (Å²) >= 11 is 0. The molecule has 1 heteroatoms. The first-order valence-electron chi connectivity index (χ1n) is 5.82. The van der Waals surface area contributed by atoms with Gasteiger partial charge >= 0.3 is 0 Å². The van der Waals surface area contributed by atoms with Crippen LogP contribution in [0.15, 0.2) is 49.1 Å². The molecule has 1 aromatic carbocycles. The fourth-order valence-corrected chi connectivity index (χ4v) is 1.72. The third-order valence-corrected chi connectivity index (χ3v) is 2.59. The van der Waals surface area contributed by atoms with Gasteiger partial charge in [0.2, 0.25) is 0 Å². The number of aliphatic hydroxyl groups is 1. The smallest absolute Gasteiger partial charge is 0.0653 e. The van der Waals surface area contributed by atoms with Gasteiger partial charge in [0.15, 0.2) is 0 Å². The van der Waals surface area contributed by atoms with Gasteiger partial charge in [-0.25, -0.2) is 0 Å². The highest BCUT2D eigenvalue weighted by Gasteiger charge is 1.95. The first kappa shape index (κ1) is 13.5. The Morgan fingerprint density at radius 1 is 1.29 bits per heavy atom. The van der Waals surface area contributed by atoms with Gasteiger partial charge in [0.25, 0.3) is 0 Å². The number of benzene rings is 1. The lowest BCUT2D eigenvalue weighted by Crippen LogP contribution is -2.27. The van der Waals surface area contributed by atoms with Crippen molar-refractivity contribution in [1.29, 1.82) is 0 Å². The molecule has 0 fully saturated rings. The summed E-state index contributed by atoms with van der Waals surface area (Å²) in [4.78, 5) is 0. The molecule has 0 aromatic heterocycles. The van der Waals surface area contributed by atoms with Crippen LogP contribution in [0, 0.1) is 0 Å². The maximum absolute atomic E-state index is 9.40. The zero-order chi connectivity index (χ0) is 12.7. The van der Waals surface area contributed by atoms with Crippen LogP contribution in [0.2, 0.25) is 0 Å². The molecule has 0 spiro atoms. The lowest BCUT2D eigenvalue weighted by Gasteiger charge is -2.01. The van der Waals surface area contributed by atoms with Crippen molar-refractivity contribution >= 4 is 11.6 Å². The minimum Gasteiger partial charge on any atom is -0.392 e. The van der Waals surface area contributed by atoms with Gasteiger partial charge in [-0.1, -0.05) is 48.6 Å². The monoisotopic (exact) mass is 228 g/mol. The van der Waals surface area contributed by atoms with Gasteiger partial charge in [0.05, 0.1) is 6.61 Å². The van der Waals surface area contributed by atoms with Gasteiger partial charge in [-0.3, -0.25) is 0 Å². The predicted octanol–water partition coefficient (Wildman–Crippen LogP) is 2.15. The third-order valence-electron chi connectivity index (χ3n) is 2.59. The highest BCUT2D eigenvalue weighted by atomic mass is 16.3. The first-order chi connectivity index (χ1) is 8.19. The largest absolute Gasteiger partial charge is 0.392 e. The summed E-state index contributed by atoms with van der Waals surface area (Å²) in [5, 5.41) is 11.7. The van der Waals surface area contributed by atoms with E-state index in [0.29, 0.717) is 6.42 Å². The molecular weight excluding hydrogens is 208 g/mol. The van der Waals surface area contributed by atoms with Crippen LogP contribution in [0.5, 0.6) is 0 Å². The molecule has 0 radical (unpaired) electrons. The topological polar surface area (TPSA) is 20.2 Å². The van der Waals surface area contributed by atoms with E-state index in [2.05, 4.69) is 25.3 Å². The van der Waals surface area contributed by atoms with Crippen molar-refractivity contribution in [3.63, 3.8) is 0 Å². The molecule has 0 aliphatic rings. The van der Waals surface area contributed by atoms with E-state index < -0.39 is 0 Å². The zero-order valence-corrected chi connectivity index (χ0v) is 10.4. The van der Waals surface area contributed by atoms with E-state index in [1.54, 1.807) is 0 Å². The lowest BCUT2D eigenvalue weighted by molar-refractivity contribution is 0.346. The van der Waals surface area contributed by atoms with E-state index in [1.165, 1.54) is 0 Å². The maximum Gasteiger partial charge on any atom is 0.0653 e. The number of allylic oxidation sites excluding steroid dienone is 2. The van der Waals surface area contributed by atoms with E-state index in [9.17, 15) is 5.11 Å². The van der Waals surface area contributed by atoms with Crippen molar-refractivity contribution in [3.8, 4) is 0 Å². The van der Waals surface area contributed by atoms with Crippen LogP contribution >= 0.6 is 0 Å². The second-order valence-corrected chi connectivity index (χ2v) is 4.21. The van der Waals surface area contributed by atoms with E-state index in [-0.39, 0.29) is 6.61 Å². The molecule has 0 aliphatic carbocycles. The van der Waals surface area contributed by atoms with Crippen molar-refractivity contribution in [2.75, 3.05) is 6.61 Å². The van der Waals surface area contributed by atoms with Crippen LogP contribution in [0.3, 0.4) is 0 Å². The van der Waals surface area contributed by atoms with Crippen molar-refractivity contribution in [2.24, 2.45) is 0 Å². The highest BCUT2D eigenvalue weighted by Crippen LogP contribution is 1.99. The zero-order valence-electron chi connectivity index (χ0n) is 10.4. The number of rotatable bonds is 5. The molecule has 0 amide bonds. The Bertz CT molecular complexity index is 509. The van der Waals surface area contributed by atoms with E-state index in [4.69, 9.17) is 0 Å². The van der Waals surface area contributed by atoms with Crippen molar-refractivity contribution < 1.29 is 5.11 Å². The molecule has 1 nitrogen and oxygen atoms in total. The summed E-state index contributed by atoms with van der Waals surface area (Å²) in [6, 6.07) is 8.11. The fraction of sp³-hybridized carbons (Fsp3) is 0.250. The van der Waals surface area contributed by atoms with Crippen molar-refractivity contribution in [3.05, 3.63) is 59.5 Å². The summed E-state index contributed by atoms with van der Waals surface area (Å²) in [5.74, 6) is 0. The normalized spacial score (nSPS) is 13.4. The molecule has 17 heavy (non-hydrogen) atoms. The summed E-state index contributed by atoms with van der Waals surface area (Å²) in [5.41, 5.74) is 2.14. The van der Waals surface area contributed by atoms with Crippen molar-refractivity contribution in [2.45, 2.75) is 19.8 Å². The molecule has 0 heterocycles. The second-order valence-electron chi connectivity index (χ2n) is 4.21. The summed E-state index contributed by atoms with van der Waals surface area (Å²) in [6.07, 6.45) is 5.55. The minimum absolute atomic E-state index is 0.0734. The molecular formula is C16H20O. The number of aliphatic hydroxyl groups excluding tert-OH is 1. The average molecular weight is 228 g/mol. The molecule has 0 bridgehead atoms. The van der Waals surface area contributed by atoms with Crippen LogP contribution in [-0.4, -0.2) is 11.7 Å². The highest BCUT2D eigenvalue weighted by molar-refractivity contribution is 5.49. The fourth-order valence-electron chi connectivity index (χ4n) is 1.72. The second kappa shape index (κ2) is 6.87. The molecule has 1 N–H and O–H groups in total. The summed E-state index contributed by atoms with van der Waals surface area (Å²) in [7, 11) is 0. The number of hydrogen-bond acceptors (Lipinski definition) is 1. The molecule has 0 atom stereocenters. The molecule has 1 aromatic rings. The van der Waals surface area contributed by atoms with Crippen LogP contribution < -0.4 is 10.4 Å². The summed E-state index contributed by atoms with van der Waals surface area (Å²) < 4.78 is 0. The molecule has 0 unspecified atom stereocenters. The standard InChI is InChI=1S/C16H20O/c1-4-7-15(12-17)16-9-6-5-8-14(16)11-10-13(2)3/h4-6,8-9,11,17H,1-2,7,10,12H2,3H3/b14-11-,16-15-. The first-order valence-corrected chi connectivity index (χ1v) is 5.82. The average Bonchev–Trinajstić information content (AvgIpc) is 2.34. The lowest BCUT2D eigenvalue weighted by atomic mass is 10.1.